The number of aliphatic hydroxyl groups is 1. The van der Waals surface area contributed by atoms with Gasteiger partial charge in [0, 0.05) is 18.8 Å². The van der Waals surface area contributed by atoms with Crippen molar-refractivity contribution in [2.75, 3.05) is 25.4 Å². The Morgan fingerprint density at radius 1 is 1.25 bits per heavy atom. The smallest absolute Gasteiger partial charge is 0.243 e. The lowest BCUT2D eigenvalue weighted by atomic mass is 10.1. The van der Waals surface area contributed by atoms with E-state index in [1.165, 1.54) is 4.31 Å². The van der Waals surface area contributed by atoms with Crippen LogP contribution < -0.4 is 5.73 Å². The molecule has 0 heterocycles. The SMILES string of the molecule is CCCCN(CCO)S(=O)(=O)c1c(C)ccc(N)c1C. The first-order valence-corrected chi connectivity index (χ1v) is 8.27. The van der Waals surface area contributed by atoms with Crippen LogP contribution in [-0.2, 0) is 10.0 Å². The Morgan fingerprint density at radius 3 is 2.45 bits per heavy atom. The number of nitrogen functional groups attached to an aromatic ring is 1. The summed E-state index contributed by atoms with van der Waals surface area (Å²) in [5.41, 5.74) is 7.54. The van der Waals surface area contributed by atoms with Crippen molar-refractivity contribution in [3.8, 4) is 0 Å². The molecule has 1 aromatic carbocycles. The molecule has 5 nitrogen and oxygen atoms in total. The molecule has 0 radical (unpaired) electrons. The Labute approximate surface area is 121 Å². The van der Waals surface area contributed by atoms with Gasteiger partial charge in [-0.1, -0.05) is 19.4 Å². The summed E-state index contributed by atoms with van der Waals surface area (Å²) < 4.78 is 26.9. The van der Waals surface area contributed by atoms with Crippen LogP contribution in [0.5, 0.6) is 0 Å². The number of aliphatic hydroxyl groups excluding tert-OH is 1. The number of nitrogens with zero attached hydrogens (tertiary/aromatic N) is 1. The predicted molar refractivity (Wildman–Crippen MR) is 81.1 cm³/mol. The lowest BCUT2D eigenvalue weighted by Crippen LogP contribution is -2.35. The number of rotatable bonds is 7. The van der Waals surface area contributed by atoms with Gasteiger partial charge in [0.1, 0.15) is 0 Å². The minimum atomic E-state index is -3.63. The Kier molecular flexibility index (Phi) is 5.98. The molecule has 0 saturated carbocycles. The Morgan fingerprint density at radius 2 is 1.90 bits per heavy atom. The van der Waals surface area contributed by atoms with Gasteiger partial charge >= 0.3 is 0 Å². The number of unbranched alkanes of at least 4 members (excludes halogenated alkanes) is 1. The van der Waals surface area contributed by atoms with Gasteiger partial charge in [0.15, 0.2) is 0 Å². The van der Waals surface area contributed by atoms with E-state index in [2.05, 4.69) is 0 Å². The van der Waals surface area contributed by atoms with Crippen LogP contribution in [0.2, 0.25) is 0 Å². The highest BCUT2D eigenvalue weighted by Gasteiger charge is 2.27. The van der Waals surface area contributed by atoms with Crippen LogP contribution >= 0.6 is 0 Å². The molecule has 1 aromatic rings. The largest absolute Gasteiger partial charge is 0.398 e. The first-order chi connectivity index (χ1) is 9.36. The fourth-order valence-electron chi connectivity index (χ4n) is 2.17. The summed E-state index contributed by atoms with van der Waals surface area (Å²) in [6.45, 7) is 5.80. The van der Waals surface area contributed by atoms with Crippen molar-refractivity contribution in [3.63, 3.8) is 0 Å². The van der Waals surface area contributed by atoms with Crippen LogP contribution in [0.4, 0.5) is 5.69 Å². The zero-order valence-corrected chi connectivity index (χ0v) is 13.2. The quantitative estimate of drug-likeness (QED) is 0.750. The van der Waals surface area contributed by atoms with Crippen molar-refractivity contribution in [2.24, 2.45) is 0 Å². The zero-order valence-electron chi connectivity index (χ0n) is 12.4. The van der Waals surface area contributed by atoms with E-state index >= 15 is 0 Å². The number of sulfonamides is 1. The minimum Gasteiger partial charge on any atom is -0.398 e. The number of anilines is 1. The molecule has 1 rings (SSSR count). The Bertz CT molecular complexity index is 556. The molecule has 0 spiro atoms. The van der Waals surface area contributed by atoms with Crippen LogP contribution in [-0.4, -0.2) is 37.5 Å². The average molecular weight is 300 g/mol. The number of hydrogen-bond acceptors (Lipinski definition) is 4. The summed E-state index contributed by atoms with van der Waals surface area (Å²) >= 11 is 0. The van der Waals surface area contributed by atoms with Gasteiger partial charge in [-0.15, -0.1) is 0 Å². The summed E-state index contributed by atoms with van der Waals surface area (Å²) in [7, 11) is -3.63. The van der Waals surface area contributed by atoms with Gasteiger partial charge in [0.2, 0.25) is 10.0 Å². The van der Waals surface area contributed by atoms with Crippen LogP contribution in [0.25, 0.3) is 0 Å². The van der Waals surface area contributed by atoms with Crippen molar-refractivity contribution >= 4 is 15.7 Å². The highest BCUT2D eigenvalue weighted by Crippen LogP contribution is 2.27. The third kappa shape index (κ3) is 3.50. The van der Waals surface area contributed by atoms with E-state index in [0.29, 0.717) is 23.4 Å². The first-order valence-electron chi connectivity index (χ1n) is 6.83. The lowest BCUT2D eigenvalue weighted by molar-refractivity contribution is 0.252. The van der Waals surface area contributed by atoms with E-state index in [4.69, 9.17) is 10.8 Å². The molecule has 3 N–H and O–H groups in total. The minimum absolute atomic E-state index is 0.107. The summed E-state index contributed by atoms with van der Waals surface area (Å²) in [5, 5.41) is 9.11. The van der Waals surface area contributed by atoms with Gasteiger partial charge in [-0.05, 0) is 37.5 Å². The average Bonchev–Trinajstić information content (AvgIpc) is 2.39. The molecule has 6 heteroatoms. The van der Waals surface area contributed by atoms with Crippen LogP contribution in [0.3, 0.4) is 0 Å². The molecule has 0 aliphatic heterocycles. The van der Waals surface area contributed by atoms with Crippen molar-refractivity contribution in [1.29, 1.82) is 0 Å². The maximum atomic E-state index is 12.8. The summed E-state index contributed by atoms with van der Waals surface area (Å²) in [5.74, 6) is 0. The van der Waals surface area contributed by atoms with Crippen molar-refractivity contribution in [2.45, 2.75) is 38.5 Å². The molecule has 114 valence electrons. The molecule has 0 aliphatic rings. The van der Waals surface area contributed by atoms with E-state index < -0.39 is 10.0 Å². The zero-order chi connectivity index (χ0) is 15.3. The molecule has 0 aromatic heterocycles. The maximum Gasteiger partial charge on any atom is 0.243 e. The van der Waals surface area contributed by atoms with Gasteiger partial charge in [0.25, 0.3) is 0 Å². The molecular formula is C14H24N2O3S. The normalized spacial score (nSPS) is 12.1. The number of aryl methyl sites for hydroxylation is 1. The van der Waals surface area contributed by atoms with Crippen molar-refractivity contribution in [1.82, 2.24) is 4.31 Å². The number of hydrogen-bond donors (Lipinski definition) is 2. The van der Waals surface area contributed by atoms with E-state index in [0.717, 1.165) is 12.8 Å². The van der Waals surface area contributed by atoms with Crippen molar-refractivity contribution in [3.05, 3.63) is 23.3 Å². The van der Waals surface area contributed by atoms with Crippen LogP contribution in [0.15, 0.2) is 17.0 Å². The predicted octanol–water partition coefficient (Wildman–Crippen LogP) is 1.67. The maximum absolute atomic E-state index is 12.8. The third-order valence-corrected chi connectivity index (χ3v) is 5.54. The molecule has 0 saturated heterocycles. The standard InChI is InChI=1S/C14H24N2O3S/c1-4-5-8-16(9-10-17)20(18,19)14-11(2)6-7-13(15)12(14)3/h6-7,17H,4-5,8-10,15H2,1-3H3. The second-order valence-electron chi connectivity index (χ2n) is 4.91. The fraction of sp³-hybridized carbons (Fsp3) is 0.571. The van der Waals surface area contributed by atoms with Crippen LogP contribution in [0, 0.1) is 13.8 Å². The second-order valence-corrected chi connectivity index (χ2v) is 6.78. The molecule has 0 unspecified atom stereocenters. The summed E-state index contributed by atoms with van der Waals surface area (Å²) in [6, 6.07) is 3.43. The van der Waals surface area contributed by atoms with Gasteiger partial charge < -0.3 is 10.8 Å². The van der Waals surface area contributed by atoms with Gasteiger partial charge in [-0.2, -0.15) is 4.31 Å². The second kappa shape index (κ2) is 7.06. The molecular weight excluding hydrogens is 276 g/mol. The van der Waals surface area contributed by atoms with Crippen LogP contribution in [0.1, 0.15) is 30.9 Å². The molecule has 0 fully saturated rings. The van der Waals surface area contributed by atoms with Gasteiger partial charge in [0.05, 0.1) is 11.5 Å². The number of nitrogens with two attached hydrogens (primary N) is 1. The Balaban J connectivity index is 3.29. The topological polar surface area (TPSA) is 83.6 Å². The molecule has 0 aliphatic carbocycles. The monoisotopic (exact) mass is 300 g/mol. The van der Waals surface area contributed by atoms with Gasteiger partial charge in [-0.3, -0.25) is 0 Å². The number of benzene rings is 1. The molecule has 0 atom stereocenters. The highest BCUT2D eigenvalue weighted by molar-refractivity contribution is 7.89. The van der Waals surface area contributed by atoms with Crippen molar-refractivity contribution < 1.29 is 13.5 Å². The third-order valence-electron chi connectivity index (χ3n) is 3.35. The van der Waals surface area contributed by atoms with E-state index in [9.17, 15) is 8.42 Å². The van der Waals surface area contributed by atoms with E-state index in [1.54, 1.807) is 26.0 Å². The van der Waals surface area contributed by atoms with Gasteiger partial charge in [-0.25, -0.2) is 8.42 Å². The first kappa shape index (κ1) is 16.9. The molecule has 20 heavy (non-hydrogen) atoms. The molecule has 0 bridgehead atoms. The summed E-state index contributed by atoms with van der Waals surface area (Å²) in [4.78, 5) is 0.266. The van der Waals surface area contributed by atoms with E-state index in [1.807, 2.05) is 6.92 Å². The Hall–Kier alpha value is -1.11. The lowest BCUT2D eigenvalue weighted by Gasteiger charge is -2.23. The summed E-state index contributed by atoms with van der Waals surface area (Å²) in [6.07, 6.45) is 1.66. The molecule has 0 amide bonds. The van der Waals surface area contributed by atoms with E-state index in [-0.39, 0.29) is 18.0 Å². The highest BCUT2D eigenvalue weighted by atomic mass is 32.2. The fourth-order valence-corrected chi connectivity index (χ4v) is 4.10.